The first-order chi connectivity index (χ1) is 8.41. The summed E-state index contributed by atoms with van der Waals surface area (Å²) in [6.45, 7) is 4.45. The Morgan fingerprint density at radius 3 is 1.47 bits per heavy atom. The van der Waals surface area contributed by atoms with Crippen LogP contribution in [-0.4, -0.2) is 7.05 Å². The van der Waals surface area contributed by atoms with E-state index in [-0.39, 0.29) is 0 Å². The van der Waals surface area contributed by atoms with E-state index in [1.54, 1.807) is 0 Å². The highest BCUT2D eigenvalue weighted by Crippen LogP contribution is 2.12. The number of hydrogen-bond donors (Lipinski definition) is 1. The minimum Gasteiger partial charge on any atom is -0.315 e. The van der Waals surface area contributed by atoms with Gasteiger partial charge in [-0.05, 0) is 13.5 Å². The summed E-state index contributed by atoms with van der Waals surface area (Å²) in [5.41, 5.74) is 0. The highest BCUT2D eigenvalue weighted by atomic mass is 14.8. The van der Waals surface area contributed by atoms with Gasteiger partial charge in [-0.25, -0.2) is 0 Å². The number of unbranched alkanes of at least 4 members (excludes halogenated alkanes) is 12. The van der Waals surface area contributed by atoms with E-state index in [4.69, 9.17) is 0 Å². The molecule has 1 nitrogen and oxygen atoms in total. The maximum Gasteiger partial charge on any atom is 0.0218 e. The Morgan fingerprint density at radius 2 is 1.06 bits per heavy atom. The molecule has 0 atom stereocenters. The molecule has 0 aliphatic carbocycles. The van der Waals surface area contributed by atoms with Crippen LogP contribution in [0, 0.1) is 6.54 Å². The molecular weight excluding hydrogens is 206 g/mol. The van der Waals surface area contributed by atoms with Crippen molar-refractivity contribution in [2.75, 3.05) is 7.05 Å². The Bertz CT molecular complexity index is 109. The zero-order valence-corrected chi connectivity index (χ0v) is 12.3. The third-order valence-corrected chi connectivity index (χ3v) is 3.41. The number of hydrogen-bond acceptors (Lipinski definition) is 1. The molecule has 0 heterocycles. The molecule has 0 aliphatic heterocycles. The molecule has 0 unspecified atom stereocenters. The fraction of sp³-hybridized carbons (Fsp3) is 0.938. The molecule has 0 bridgehead atoms. The van der Waals surface area contributed by atoms with Crippen molar-refractivity contribution in [2.24, 2.45) is 0 Å². The molecule has 0 aliphatic rings. The maximum absolute atomic E-state index is 3.08. The van der Waals surface area contributed by atoms with E-state index >= 15 is 0 Å². The van der Waals surface area contributed by atoms with E-state index in [0.717, 1.165) is 0 Å². The van der Waals surface area contributed by atoms with Crippen molar-refractivity contribution in [3.63, 3.8) is 0 Å². The lowest BCUT2D eigenvalue weighted by atomic mass is 10.0. The normalized spacial score (nSPS) is 10.9. The lowest BCUT2D eigenvalue weighted by Gasteiger charge is -2.02. The minimum atomic E-state index is 1.23. The summed E-state index contributed by atoms with van der Waals surface area (Å²) in [4.78, 5) is 0. The van der Waals surface area contributed by atoms with Gasteiger partial charge in [-0.15, -0.1) is 0 Å². The first-order valence-corrected chi connectivity index (χ1v) is 7.90. The van der Waals surface area contributed by atoms with Gasteiger partial charge in [0.05, 0.1) is 0 Å². The summed E-state index contributed by atoms with van der Waals surface area (Å²) in [5, 5.41) is 3.08. The lowest BCUT2D eigenvalue weighted by molar-refractivity contribution is 0.542. The fourth-order valence-corrected chi connectivity index (χ4v) is 2.23. The van der Waals surface area contributed by atoms with Gasteiger partial charge < -0.3 is 5.32 Å². The molecule has 0 saturated heterocycles. The molecule has 0 rings (SSSR count). The van der Waals surface area contributed by atoms with Gasteiger partial charge in [0.25, 0.3) is 0 Å². The Labute approximate surface area is 110 Å². The Morgan fingerprint density at radius 1 is 0.647 bits per heavy atom. The smallest absolute Gasteiger partial charge is 0.0218 e. The average molecular weight is 240 g/mol. The summed E-state index contributed by atoms with van der Waals surface area (Å²) in [6, 6.07) is 0. The van der Waals surface area contributed by atoms with Crippen LogP contribution < -0.4 is 5.32 Å². The van der Waals surface area contributed by atoms with E-state index in [1.165, 1.54) is 83.5 Å². The van der Waals surface area contributed by atoms with E-state index in [9.17, 15) is 0 Å². The van der Waals surface area contributed by atoms with Crippen molar-refractivity contribution in [1.82, 2.24) is 5.32 Å². The molecule has 0 amide bonds. The van der Waals surface area contributed by atoms with E-state index in [0.29, 0.717) is 0 Å². The summed E-state index contributed by atoms with van der Waals surface area (Å²) in [7, 11) is 1.99. The van der Waals surface area contributed by atoms with Gasteiger partial charge in [0, 0.05) is 6.54 Å². The largest absolute Gasteiger partial charge is 0.315 e. The first kappa shape index (κ1) is 17.0. The van der Waals surface area contributed by atoms with Crippen LogP contribution in [0.15, 0.2) is 0 Å². The SMILES string of the molecule is CCCCCCCCCCCCCC[CH]NC. The maximum atomic E-state index is 3.08. The molecule has 0 aromatic carbocycles. The highest BCUT2D eigenvalue weighted by molar-refractivity contribution is 4.57. The predicted octanol–water partition coefficient (Wildman–Crippen LogP) is 5.46. The van der Waals surface area contributed by atoms with Crippen molar-refractivity contribution in [2.45, 2.75) is 90.4 Å². The van der Waals surface area contributed by atoms with E-state index in [2.05, 4.69) is 18.8 Å². The second-order valence-corrected chi connectivity index (χ2v) is 5.17. The van der Waals surface area contributed by atoms with Gasteiger partial charge in [0.2, 0.25) is 0 Å². The average Bonchev–Trinajstić information content (AvgIpc) is 2.35. The predicted molar refractivity (Wildman–Crippen MR) is 79.1 cm³/mol. The van der Waals surface area contributed by atoms with E-state index < -0.39 is 0 Å². The Hall–Kier alpha value is -0.0400. The third-order valence-electron chi connectivity index (χ3n) is 3.41. The van der Waals surface area contributed by atoms with Crippen molar-refractivity contribution in [1.29, 1.82) is 0 Å². The Kier molecular flexibility index (Phi) is 15.9. The van der Waals surface area contributed by atoms with Gasteiger partial charge >= 0.3 is 0 Å². The summed E-state index contributed by atoms with van der Waals surface area (Å²) in [6.07, 6.45) is 18.5. The fourth-order valence-electron chi connectivity index (χ4n) is 2.23. The first-order valence-electron chi connectivity index (χ1n) is 7.90. The number of nitrogens with one attached hydrogen (secondary N) is 1. The summed E-state index contributed by atoms with van der Waals surface area (Å²) < 4.78 is 0. The molecular formula is C16H34N. The van der Waals surface area contributed by atoms with E-state index in [1.807, 2.05) is 7.05 Å². The van der Waals surface area contributed by atoms with Gasteiger partial charge in [0.15, 0.2) is 0 Å². The van der Waals surface area contributed by atoms with Gasteiger partial charge in [0.1, 0.15) is 0 Å². The van der Waals surface area contributed by atoms with Crippen molar-refractivity contribution in [3.8, 4) is 0 Å². The molecule has 0 aromatic heterocycles. The molecule has 0 saturated carbocycles. The van der Waals surface area contributed by atoms with Crippen molar-refractivity contribution >= 4 is 0 Å². The molecule has 103 valence electrons. The van der Waals surface area contributed by atoms with Crippen molar-refractivity contribution < 1.29 is 0 Å². The van der Waals surface area contributed by atoms with Crippen LogP contribution in [-0.2, 0) is 0 Å². The highest BCUT2D eigenvalue weighted by Gasteiger charge is 1.93. The van der Waals surface area contributed by atoms with Gasteiger partial charge in [-0.3, -0.25) is 0 Å². The lowest BCUT2D eigenvalue weighted by Crippen LogP contribution is -1.99. The number of rotatable bonds is 14. The third kappa shape index (κ3) is 16.0. The molecule has 1 N–H and O–H groups in total. The minimum absolute atomic E-state index is 1.23. The van der Waals surface area contributed by atoms with Crippen LogP contribution in [0.3, 0.4) is 0 Å². The standard InChI is InChI=1S/C16H34N/c1-3-4-5-6-7-8-9-10-11-12-13-14-15-16-17-2/h16-17H,3-15H2,1-2H3. The zero-order valence-electron chi connectivity index (χ0n) is 12.3. The Balaban J connectivity index is 2.85. The van der Waals surface area contributed by atoms with Crippen LogP contribution in [0.1, 0.15) is 90.4 Å². The molecule has 0 spiro atoms. The zero-order chi connectivity index (χ0) is 12.6. The molecule has 1 radical (unpaired) electrons. The molecule has 0 aromatic rings. The van der Waals surface area contributed by atoms with Gasteiger partial charge in [-0.1, -0.05) is 84.0 Å². The second kappa shape index (κ2) is 16.0. The van der Waals surface area contributed by atoms with Crippen LogP contribution >= 0.6 is 0 Å². The van der Waals surface area contributed by atoms with Crippen molar-refractivity contribution in [3.05, 3.63) is 6.54 Å². The second-order valence-electron chi connectivity index (χ2n) is 5.17. The van der Waals surface area contributed by atoms with Crippen LogP contribution in [0.2, 0.25) is 0 Å². The van der Waals surface area contributed by atoms with Crippen LogP contribution in [0.4, 0.5) is 0 Å². The topological polar surface area (TPSA) is 12.0 Å². The quantitative estimate of drug-likeness (QED) is 0.398. The van der Waals surface area contributed by atoms with Crippen LogP contribution in [0.5, 0.6) is 0 Å². The summed E-state index contributed by atoms with van der Waals surface area (Å²) >= 11 is 0. The molecule has 17 heavy (non-hydrogen) atoms. The molecule has 1 heteroatoms. The molecule has 0 fully saturated rings. The monoisotopic (exact) mass is 240 g/mol. The van der Waals surface area contributed by atoms with Crippen LogP contribution in [0.25, 0.3) is 0 Å². The summed E-state index contributed by atoms with van der Waals surface area (Å²) in [5.74, 6) is 0. The van der Waals surface area contributed by atoms with Gasteiger partial charge in [-0.2, -0.15) is 0 Å².